The predicted molar refractivity (Wildman–Crippen MR) is 201 cm³/mol. The van der Waals surface area contributed by atoms with Crippen LogP contribution in [0.5, 0.6) is 5.75 Å². The molecule has 2 heterocycles. The first-order valence-electron chi connectivity index (χ1n) is 18.8. The molecule has 2 atom stereocenters. The number of ether oxygens (including phenoxy) is 2. The second-order valence-electron chi connectivity index (χ2n) is 20.0. The summed E-state index contributed by atoms with van der Waals surface area (Å²) >= 11 is 0. The molecule has 0 radical (unpaired) electrons. The van der Waals surface area contributed by atoms with Gasteiger partial charge in [-0.05, 0) is 122 Å². The van der Waals surface area contributed by atoms with Gasteiger partial charge in [0.05, 0.1) is 18.6 Å². The Hall–Kier alpha value is -1.63. The van der Waals surface area contributed by atoms with Gasteiger partial charge in [0.2, 0.25) is 0 Å². The third-order valence-corrected chi connectivity index (χ3v) is 12.2. The summed E-state index contributed by atoms with van der Waals surface area (Å²) in [6.45, 7) is 33.6. The van der Waals surface area contributed by atoms with E-state index >= 15 is 0 Å². The average molecular weight is 671 g/mol. The van der Waals surface area contributed by atoms with E-state index in [1.807, 2.05) is 0 Å². The highest BCUT2D eigenvalue weighted by Gasteiger charge is 2.47. The van der Waals surface area contributed by atoms with Gasteiger partial charge in [-0.25, -0.2) is 0 Å². The Bertz CT molecular complexity index is 1190. The van der Waals surface area contributed by atoms with Crippen molar-refractivity contribution in [1.29, 1.82) is 0 Å². The summed E-state index contributed by atoms with van der Waals surface area (Å²) in [5.41, 5.74) is 2.21. The minimum Gasteiger partial charge on any atom is -0.507 e. The summed E-state index contributed by atoms with van der Waals surface area (Å²) < 4.78 is 13.5. The van der Waals surface area contributed by atoms with Gasteiger partial charge in [-0.15, -0.1) is 0 Å². The first-order chi connectivity index (χ1) is 21.6. The number of carbonyl (C=O) groups is 1. The van der Waals surface area contributed by atoms with Crippen LogP contribution in [0.3, 0.4) is 0 Å². The van der Waals surface area contributed by atoms with E-state index in [1.165, 1.54) is 0 Å². The summed E-state index contributed by atoms with van der Waals surface area (Å²) in [5, 5.41) is 11.6. The number of hydrogen-bond donors (Lipinski definition) is 1. The molecule has 276 valence electrons. The second kappa shape index (κ2) is 14.2. The van der Waals surface area contributed by atoms with Gasteiger partial charge in [-0.3, -0.25) is 14.6 Å². The van der Waals surface area contributed by atoms with Crippen LogP contribution < -0.4 is 0 Å². The molecule has 48 heavy (non-hydrogen) atoms. The van der Waals surface area contributed by atoms with Crippen LogP contribution in [-0.4, -0.2) is 75.9 Å². The summed E-state index contributed by atoms with van der Waals surface area (Å²) in [6.07, 6.45) is 6.17. The summed E-state index contributed by atoms with van der Waals surface area (Å²) in [7, 11) is 4.40. The number of carbonyl (C=O) groups excluding carboxylic acids is 1. The molecule has 0 amide bonds. The lowest BCUT2D eigenvalue weighted by Crippen LogP contribution is -2.60. The van der Waals surface area contributed by atoms with Crippen LogP contribution >= 0.6 is 0 Å². The van der Waals surface area contributed by atoms with Gasteiger partial charge >= 0.3 is 5.97 Å². The van der Waals surface area contributed by atoms with Gasteiger partial charge in [0.1, 0.15) is 11.9 Å². The van der Waals surface area contributed by atoms with E-state index in [4.69, 9.17) is 9.47 Å². The molecule has 0 aliphatic carbocycles. The zero-order valence-corrected chi connectivity index (χ0v) is 34.2. The highest BCUT2D eigenvalue weighted by molar-refractivity contribution is 5.74. The number of likely N-dealkylation sites (tertiary alicyclic amines) is 2. The lowest BCUT2D eigenvalue weighted by Gasteiger charge is -2.53. The summed E-state index contributed by atoms with van der Waals surface area (Å²) in [5.74, 6) is -0.334. The van der Waals surface area contributed by atoms with Crippen molar-refractivity contribution in [2.75, 3.05) is 20.7 Å². The van der Waals surface area contributed by atoms with Crippen LogP contribution in [0.1, 0.15) is 171 Å². The molecular weight excluding hydrogens is 596 g/mol. The average Bonchev–Trinajstić information content (AvgIpc) is 2.90. The van der Waals surface area contributed by atoms with Gasteiger partial charge in [-0.1, -0.05) is 73.4 Å². The smallest absolute Gasteiger partial charge is 0.312 e. The Morgan fingerprint density at radius 1 is 0.792 bits per heavy atom. The van der Waals surface area contributed by atoms with Crippen molar-refractivity contribution < 1.29 is 19.4 Å². The number of piperidine rings is 2. The number of unbranched alkanes of at least 4 members (excludes halogenated alkanes) is 1. The molecule has 0 bridgehead atoms. The maximum atomic E-state index is 14.7. The predicted octanol–water partition coefficient (Wildman–Crippen LogP) is 9.74. The largest absolute Gasteiger partial charge is 0.507 e. The molecule has 2 aliphatic rings. The fourth-order valence-electron chi connectivity index (χ4n) is 8.64. The Balaban J connectivity index is 2.12. The molecule has 1 aromatic rings. The van der Waals surface area contributed by atoms with Gasteiger partial charge in [-0.2, -0.15) is 0 Å². The number of nitrogens with zero attached hydrogens (tertiary/aromatic N) is 2. The van der Waals surface area contributed by atoms with E-state index in [-0.39, 0.29) is 57.1 Å². The summed E-state index contributed by atoms with van der Waals surface area (Å²) in [4.78, 5) is 19.6. The van der Waals surface area contributed by atoms with E-state index in [0.29, 0.717) is 12.4 Å². The van der Waals surface area contributed by atoms with Crippen LogP contribution in [0.4, 0.5) is 0 Å². The molecule has 2 fully saturated rings. The minimum absolute atomic E-state index is 0.0184. The fourth-order valence-corrected chi connectivity index (χ4v) is 8.64. The third-order valence-electron chi connectivity index (χ3n) is 12.2. The van der Waals surface area contributed by atoms with Gasteiger partial charge in [0.15, 0.2) is 0 Å². The second-order valence-corrected chi connectivity index (χ2v) is 20.0. The van der Waals surface area contributed by atoms with Crippen molar-refractivity contribution in [3.8, 4) is 5.75 Å². The van der Waals surface area contributed by atoms with E-state index in [9.17, 15) is 9.90 Å². The maximum absolute atomic E-state index is 14.7. The van der Waals surface area contributed by atoms with Crippen molar-refractivity contribution in [2.24, 2.45) is 5.92 Å². The Morgan fingerprint density at radius 2 is 1.19 bits per heavy atom. The molecule has 0 aromatic heterocycles. The first-order valence-corrected chi connectivity index (χ1v) is 18.8. The molecule has 0 spiro atoms. The van der Waals surface area contributed by atoms with Crippen LogP contribution in [0.25, 0.3) is 0 Å². The Kier molecular flexibility index (Phi) is 12.1. The van der Waals surface area contributed by atoms with Crippen LogP contribution in [0, 0.1) is 5.92 Å². The molecule has 2 unspecified atom stereocenters. The Labute approximate surface area is 295 Å². The summed E-state index contributed by atoms with van der Waals surface area (Å²) in [6, 6.07) is 4.35. The van der Waals surface area contributed by atoms with Crippen molar-refractivity contribution >= 4 is 5.97 Å². The highest BCUT2D eigenvalue weighted by atomic mass is 16.5. The van der Waals surface area contributed by atoms with Crippen LogP contribution in [-0.2, 0) is 25.1 Å². The topological polar surface area (TPSA) is 62.2 Å². The molecule has 6 nitrogen and oxygen atoms in total. The number of esters is 1. The molecule has 3 rings (SSSR count). The Morgan fingerprint density at radius 3 is 1.56 bits per heavy atom. The van der Waals surface area contributed by atoms with Crippen LogP contribution in [0.2, 0.25) is 0 Å². The fraction of sp³-hybridized carbons (Fsp3) is 0.833. The number of aromatic hydroxyl groups is 1. The number of phenols is 1. The monoisotopic (exact) mass is 671 g/mol. The molecule has 1 aromatic carbocycles. The maximum Gasteiger partial charge on any atom is 0.312 e. The van der Waals surface area contributed by atoms with Crippen molar-refractivity contribution in [1.82, 2.24) is 9.80 Å². The number of phenolic OH excluding ortho intramolecular Hbond substituents is 1. The van der Waals surface area contributed by atoms with Crippen molar-refractivity contribution in [2.45, 2.75) is 200 Å². The van der Waals surface area contributed by atoms with E-state index < -0.39 is 5.92 Å². The SMILES string of the molecule is CCCCC(c1cc(C(C)(C)C)c(O)c(C(C)(C)C)c1)C(COC1CC(C)(C)N(C)C(C)(C)C1)C(=O)OC1CC(C)(C)N(C)C(C)(C)C1. The lowest BCUT2D eigenvalue weighted by atomic mass is 9.74. The molecular formula is C42H74N2O4. The van der Waals surface area contributed by atoms with Crippen molar-refractivity contribution in [3.63, 3.8) is 0 Å². The minimum atomic E-state index is -0.460. The van der Waals surface area contributed by atoms with Gasteiger partial charge < -0.3 is 14.6 Å². The van der Waals surface area contributed by atoms with Gasteiger partial charge in [0, 0.05) is 35.0 Å². The zero-order valence-electron chi connectivity index (χ0n) is 34.2. The van der Waals surface area contributed by atoms with Gasteiger partial charge in [0.25, 0.3) is 0 Å². The third kappa shape index (κ3) is 9.18. The van der Waals surface area contributed by atoms with E-state index in [0.717, 1.165) is 61.6 Å². The molecule has 2 saturated heterocycles. The quantitative estimate of drug-likeness (QED) is 0.250. The highest BCUT2D eigenvalue weighted by Crippen LogP contribution is 2.45. The normalized spacial score (nSPS) is 23.5. The molecule has 6 heteroatoms. The molecule has 2 aliphatic heterocycles. The molecule has 0 saturated carbocycles. The van der Waals surface area contributed by atoms with Crippen molar-refractivity contribution in [3.05, 3.63) is 28.8 Å². The number of rotatable bonds is 10. The van der Waals surface area contributed by atoms with Crippen LogP contribution in [0.15, 0.2) is 12.1 Å². The van der Waals surface area contributed by atoms with E-state index in [1.54, 1.807) is 0 Å². The number of benzene rings is 1. The zero-order chi connectivity index (χ0) is 36.8. The lowest BCUT2D eigenvalue weighted by molar-refractivity contribution is -0.169. The standard InChI is InChI=1S/C42H74N2O4/c1-18-19-20-31(28-21-33(37(2,3)4)35(45)34(22-28)38(5,6)7)32(27-47-29-23-39(8,9)43(16)40(10,11)24-29)36(46)48-30-25-41(12,13)44(17)42(14,15)26-30/h21-22,29-32,45H,18-20,23-27H2,1-17H3. The van der Waals surface area contributed by atoms with E-state index in [2.05, 4.69) is 140 Å². The number of hydrogen-bond acceptors (Lipinski definition) is 6. The molecule has 1 N–H and O–H groups in total. The first kappa shape index (κ1) is 40.8.